The van der Waals surface area contributed by atoms with Crippen LogP contribution in [0.3, 0.4) is 0 Å². The second-order valence-electron chi connectivity index (χ2n) is 7.07. The number of hydrogen-bond acceptors (Lipinski definition) is 5. The third-order valence-corrected chi connectivity index (χ3v) is 4.10. The quantitative estimate of drug-likeness (QED) is 0.243. The second-order valence-corrected chi connectivity index (χ2v) is 11.8. The van der Waals surface area contributed by atoms with E-state index in [1.165, 1.54) is 13.8 Å². The van der Waals surface area contributed by atoms with Gasteiger partial charge in [-0.25, -0.2) is 0 Å². The fourth-order valence-electron chi connectivity index (χ4n) is 2.07. The van der Waals surface area contributed by atoms with Crippen LogP contribution in [0.15, 0.2) is 12.2 Å². The average Bonchev–Trinajstić information content (AvgIpc) is 2.52. The van der Waals surface area contributed by atoms with Crippen molar-refractivity contribution in [1.29, 1.82) is 0 Å². The van der Waals surface area contributed by atoms with Gasteiger partial charge in [0.1, 0.15) is 14.2 Å². The smallest absolute Gasteiger partial charge is 0.303 e. The first-order chi connectivity index (χ1) is 12.2. The zero-order chi connectivity index (χ0) is 19.6. The summed E-state index contributed by atoms with van der Waals surface area (Å²) in [4.78, 5) is 22.0. The van der Waals surface area contributed by atoms with E-state index in [-0.39, 0.29) is 18.0 Å². The molecule has 5 nitrogen and oxygen atoms in total. The van der Waals surface area contributed by atoms with Crippen molar-refractivity contribution in [2.24, 2.45) is 0 Å². The molecule has 0 saturated heterocycles. The molecular weight excluding hydrogens is 348 g/mol. The SMILES string of the molecule is CC(=O)OCCCCC#C[C@H]1O[C@H](C#C[Si](C)(C)C)C=C[C@@H]1OC(C)=O. The zero-order valence-electron chi connectivity index (χ0n) is 16.3. The minimum absolute atomic E-state index is 0.270. The van der Waals surface area contributed by atoms with Gasteiger partial charge in [-0.2, -0.15) is 0 Å². The highest BCUT2D eigenvalue weighted by Crippen LogP contribution is 2.16. The molecule has 142 valence electrons. The molecule has 1 aliphatic heterocycles. The summed E-state index contributed by atoms with van der Waals surface area (Å²) in [5, 5.41) is 0. The van der Waals surface area contributed by atoms with E-state index in [1.54, 1.807) is 6.08 Å². The molecule has 0 unspecified atom stereocenters. The molecule has 6 heteroatoms. The van der Waals surface area contributed by atoms with Gasteiger partial charge in [0.2, 0.25) is 0 Å². The van der Waals surface area contributed by atoms with E-state index in [0.29, 0.717) is 13.0 Å². The fraction of sp³-hybridized carbons (Fsp3) is 0.600. The molecule has 0 spiro atoms. The summed E-state index contributed by atoms with van der Waals surface area (Å²) in [5.74, 6) is 8.60. The third kappa shape index (κ3) is 10.1. The van der Waals surface area contributed by atoms with E-state index < -0.39 is 20.3 Å². The van der Waals surface area contributed by atoms with Crippen LogP contribution in [0.2, 0.25) is 19.6 Å². The van der Waals surface area contributed by atoms with Gasteiger partial charge in [-0.3, -0.25) is 9.59 Å². The van der Waals surface area contributed by atoms with Gasteiger partial charge in [0, 0.05) is 20.3 Å². The molecule has 26 heavy (non-hydrogen) atoms. The number of hydrogen-bond donors (Lipinski definition) is 0. The normalized spacial score (nSPS) is 21.7. The monoisotopic (exact) mass is 376 g/mol. The van der Waals surface area contributed by atoms with E-state index >= 15 is 0 Å². The molecule has 0 radical (unpaired) electrons. The van der Waals surface area contributed by atoms with Crippen molar-refractivity contribution in [2.45, 2.75) is 71.1 Å². The Labute approximate surface area is 157 Å². The van der Waals surface area contributed by atoms with E-state index in [1.807, 2.05) is 6.08 Å². The van der Waals surface area contributed by atoms with Crippen LogP contribution < -0.4 is 0 Å². The Bertz CT molecular complexity index is 639. The van der Waals surface area contributed by atoms with Crippen LogP contribution in [-0.2, 0) is 23.8 Å². The summed E-state index contributed by atoms with van der Waals surface area (Å²) in [6, 6.07) is 0. The summed E-state index contributed by atoms with van der Waals surface area (Å²) < 4.78 is 16.0. The van der Waals surface area contributed by atoms with Gasteiger partial charge in [-0.1, -0.05) is 31.5 Å². The lowest BCUT2D eigenvalue weighted by Gasteiger charge is -2.26. The van der Waals surface area contributed by atoms with Crippen molar-refractivity contribution in [3.63, 3.8) is 0 Å². The summed E-state index contributed by atoms with van der Waals surface area (Å²) in [6.45, 7) is 9.67. The molecule has 0 aromatic carbocycles. The lowest BCUT2D eigenvalue weighted by Crippen LogP contribution is -2.36. The summed E-state index contributed by atoms with van der Waals surface area (Å²) in [5.41, 5.74) is 3.28. The van der Waals surface area contributed by atoms with Crippen molar-refractivity contribution in [3.05, 3.63) is 12.2 Å². The molecule has 0 fully saturated rings. The molecule has 0 aromatic rings. The van der Waals surface area contributed by atoms with Crippen LogP contribution in [0.4, 0.5) is 0 Å². The third-order valence-electron chi connectivity index (χ3n) is 3.20. The summed E-state index contributed by atoms with van der Waals surface area (Å²) in [7, 11) is -1.49. The van der Waals surface area contributed by atoms with Crippen LogP contribution in [0, 0.1) is 23.3 Å². The number of ether oxygens (including phenoxy) is 3. The Kier molecular flexibility index (Phi) is 9.19. The Balaban J connectivity index is 2.64. The maximum Gasteiger partial charge on any atom is 0.303 e. The van der Waals surface area contributed by atoms with Crippen LogP contribution >= 0.6 is 0 Å². The molecule has 0 aromatic heterocycles. The summed E-state index contributed by atoms with van der Waals surface area (Å²) >= 11 is 0. The molecule has 3 atom stereocenters. The first kappa shape index (κ1) is 22.0. The zero-order valence-corrected chi connectivity index (χ0v) is 17.3. The lowest BCUT2D eigenvalue weighted by molar-refractivity contribution is -0.150. The first-order valence-electron chi connectivity index (χ1n) is 8.83. The molecule has 0 saturated carbocycles. The Morgan fingerprint density at radius 3 is 2.42 bits per heavy atom. The molecule has 0 bridgehead atoms. The summed E-state index contributed by atoms with van der Waals surface area (Å²) in [6.07, 6.45) is 4.47. The maximum atomic E-state index is 11.3. The highest BCUT2D eigenvalue weighted by molar-refractivity contribution is 6.83. The Morgan fingerprint density at radius 2 is 1.81 bits per heavy atom. The van der Waals surface area contributed by atoms with Crippen LogP contribution in [0.5, 0.6) is 0 Å². The van der Waals surface area contributed by atoms with Crippen LogP contribution in [0.1, 0.15) is 33.1 Å². The van der Waals surface area contributed by atoms with Gasteiger partial charge >= 0.3 is 11.9 Å². The highest BCUT2D eigenvalue weighted by Gasteiger charge is 2.27. The molecule has 0 N–H and O–H groups in total. The lowest BCUT2D eigenvalue weighted by atomic mass is 10.1. The number of rotatable bonds is 5. The van der Waals surface area contributed by atoms with E-state index in [2.05, 4.69) is 42.9 Å². The average molecular weight is 377 g/mol. The molecule has 0 amide bonds. The molecule has 1 heterocycles. The Morgan fingerprint density at radius 1 is 1.08 bits per heavy atom. The second kappa shape index (κ2) is 10.9. The fourth-order valence-corrected chi connectivity index (χ4v) is 2.65. The van der Waals surface area contributed by atoms with Gasteiger partial charge in [0.25, 0.3) is 0 Å². The molecule has 1 aliphatic rings. The van der Waals surface area contributed by atoms with Gasteiger partial charge < -0.3 is 14.2 Å². The van der Waals surface area contributed by atoms with Crippen molar-refractivity contribution >= 4 is 20.0 Å². The highest BCUT2D eigenvalue weighted by atomic mass is 28.3. The van der Waals surface area contributed by atoms with Crippen LogP contribution in [0.25, 0.3) is 0 Å². The molecule has 1 rings (SSSR count). The van der Waals surface area contributed by atoms with Gasteiger partial charge in [0.15, 0.2) is 12.2 Å². The van der Waals surface area contributed by atoms with Crippen molar-refractivity contribution in [1.82, 2.24) is 0 Å². The number of unbranched alkanes of at least 4 members (excludes halogenated alkanes) is 2. The number of esters is 2. The number of carbonyl (C=O) groups is 2. The van der Waals surface area contributed by atoms with E-state index in [0.717, 1.165) is 12.8 Å². The first-order valence-corrected chi connectivity index (χ1v) is 12.3. The number of carbonyl (C=O) groups excluding carboxylic acids is 2. The van der Waals surface area contributed by atoms with Crippen molar-refractivity contribution in [3.8, 4) is 23.3 Å². The minimum Gasteiger partial charge on any atom is -0.466 e. The maximum absolute atomic E-state index is 11.3. The molecule has 0 aliphatic carbocycles. The van der Waals surface area contributed by atoms with Crippen molar-refractivity contribution < 1.29 is 23.8 Å². The van der Waals surface area contributed by atoms with Crippen molar-refractivity contribution in [2.75, 3.05) is 6.61 Å². The predicted molar refractivity (Wildman–Crippen MR) is 103 cm³/mol. The topological polar surface area (TPSA) is 61.8 Å². The van der Waals surface area contributed by atoms with E-state index in [4.69, 9.17) is 14.2 Å². The molecular formula is C20H28O5Si. The van der Waals surface area contributed by atoms with Gasteiger partial charge in [0.05, 0.1) is 6.61 Å². The standard InChI is InChI=1S/C20H28O5Si/c1-16(21)23-14-9-7-6-8-10-19-20(24-17(2)22)12-11-18(25-19)13-15-26(3,4)5/h11-12,18-20H,6-7,9,14H2,1-5H3/t18-,19+,20-/m0/s1. The van der Waals surface area contributed by atoms with Gasteiger partial charge in [-0.15, -0.1) is 11.5 Å². The predicted octanol–water partition coefficient (Wildman–Crippen LogP) is 2.86. The van der Waals surface area contributed by atoms with Crippen LogP contribution in [-0.4, -0.2) is 44.9 Å². The van der Waals surface area contributed by atoms with E-state index in [9.17, 15) is 9.59 Å². The Hall–Kier alpha value is -2.02. The van der Waals surface area contributed by atoms with Gasteiger partial charge in [-0.05, 0) is 25.0 Å². The minimum atomic E-state index is -1.49. The largest absolute Gasteiger partial charge is 0.466 e.